The van der Waals surface area contributed by atoms with Gasteiger partial charge in [0.15, 0.2) is 11.5 Å². The molecule has 0 radical (unpaired) electrons. The summed E-state index contributed by atoms with van der Waals surface area (Å²) in [6.07, 6.45) is 4.48. The minimum atomic E-state index is -0.184. The standard InChI is InChI=1S/C19H21NO4S2/c1-12-14(10-13-6-4-7-15(23-3)17(13)24-12)11-16-18(21)20(19(25)26-16)8-5-9-22-2/h4,6-7,10-12H,5,8-9H2,1-3H3/b16-11-. The van der Waals surface area contributed by atoms with E-state index in [1.165, 1.54) is 11.8 Å². The molecule has 7 heteroatoms. The lowest BCUT2D eigenvalue weighted by molar-refractivity contribution is -0.122. The number of nitrogens with zero attached hydrogens (tertiary/aromatic N) is 1. The fourth-order valence-corrected chi connectivity index (χ4v) is 4.15. The van der Waals surface area contributed by atoms with Crippen molar-refractivity contribution in [3.8, 4) is 11.5 Å². The Morgan fingerprint density at radius 3 is 2.92 bits per heavy atom. The topological polar surface area (TPSA) is 48.0 Å². The number of carbonyl (C=O) groups is 1. The van der Waals surface area contributed by atoms with E-state index in [0.29, 0.717) is 28.1 Å². The Morgan fingerprint density at radius 2 is 2.19 bits per heavy atom. The molecule has 0 spiro atoms. The zero-order chi connectivity index (χ0) is 18.7. The minimum Gasteiger partial charge on any atom is -0.493 e. The number of fused-ring (bicyclic) bond motifs is 1. The Hall–Kier alpha value is -1.83. The van der Waals surface area contributed by atoms with E-state index < -0.39 is 0 Å². The van der Waals surface area contributed by atoms with Crippen LogP contribution < -0.4 is 9.47 Å². The van der Waals surface area contributed by atoms with Crippen LogP contribution in [0.4, 0.5) is 0 Å². The van der Waals surface area contributed by atoms with Gasteiger partial charge in [-0.3, -0.25) is 9.69 Å². The molecule has 26 heavy (non-hydrogen) atoms. The lowest BCUT2D eigenvalue weighted by atomic mass is 10.0. The molecule has 2 aliphatic heterocycles. The molecule has 0 bridgehead atoms. The molecule has 1 aromatic carbocycles. The molecule has 1 unspecified atom stereocenters. The van der Waals surface area contributed by atoms with Gasteiger partial charge in [0.05, 0.1) is 12.0 Å². The van der Waals surface area contributed by atoms with E-state index in [9.17, 15) is 4.79 Å². The Bertz CT molecular complexity index is 788. The average Bonchev–Trinajstić information content (AvgIpc) is 2.89. The highest BCUT2D eigenvalue weighted by atomic mass is 32.2. The van der Waals surface area contributed by atoms with Gasteiger partial charge in [-0.25, -0.2) is 0 Å². The molecule has 1 amide bonds. The lowest BCUT2D eigenvalue weighted by Gasteiger charge is -2.24. The maximum Gasteiger partial charge on any atom is 0.266 e. The number of para-hydroxylation sites is 1. The Labute approximate surface area is 163 Å². The van der Waals surface area contributed by atoms with Gasteiger partial charge < -0.3 is 14.2 Å². The molecule has 0 saturated carbocycles. The van der Waals surface area contributed by atoms with Crippen molar-refractivity contribution in [2.24, 2.45) is 0 Å². The molecule has 1 fully saturated rings. The van der Waals surface area contributed by atoms with Crippen LogP contribution in [0.3, 0.4) is 0 Å². The summed E-state index contributed by atoms with van der Waals surface area (Å²) in [6, 6.07) is 5.75. The molecule has 138 valence electrons. The highest BCUT2D eigenvalue weighted by Crippen LogP contribution is 2.39. The van der Waals surface area contributed by atoms with Crippen LogP contribution in [-0.2, 0) is 9.53 Å². The van der Waals surface area contributed by atoms with Crippen LogP contribution in [0, 0.1) is 0 Å². The quantitative estimate of drug-likeness (QED) is 0.419. The number of thiocarbonyl (C=S) groups is 1. The van der Waals surface area contributed by atoms with E-state index >= 15 is 0 Å². The van der Waals surface area contributed by atoms with E-state index in [0.717, 1.165) is 23.3 Å². The molecule has 1 saturated heterocycles. The Balaban J connectivity index is 1.84. The maximum atomic E-state index is 12.7. The summed E-state index contributed by atoms with van der Waals surface area (Å²) in [6.45, 7) is 3.13. The van der Waals surface area contributed by atoms with Crippen LogP contribution in [0.25, 0.3) is 6.08 Å². The molecule has 5 nitrogen and oxygen atoms in total. The minimum absolute atomic E-state index is 0.0550. The van der Waals surface area contributed by atoms with Crippen molar-refractivity contribution in [2.75, 3.05) is 27.4 Å². The molecular formula is C19H21NO4S2. The van der Waals surface area contributed by atoms with E-state index in [1.54, 1.807) is 19.1 Å². The first-order valence-electron chi connectivity index (χ1n) is 8.34. The SMILES string of the molecule is COCCCN1C(=O)/C(=C/C2=Cc3cccc(OC)c3OC2C)SC1=S. The van der Waals surface area contributed by atoms with Crippen molar-refractivity contribution in [1.29, 1.82) is 0 Å². The average molecular weight is 392 g/mol. The number of hydrogen-bond donors (Lipinski definition) is 0. The lowest BCUT2D eigenvalue weighted by Crippen LogP contribution is -2.29. The molecule has 2 aliphatic rings. The molecule has 1 aromatic rings. The van der Waals surface area contributed by atoms with Gasteiger partial charge in [-0.2, -0.15) is 0 Å². The van der Waals surface area contributed by atoms with Gasteiger partial charge in [-0.1, -0.05) is 36.1 Å². The summed E-state index contributed by atoms with van der Waals surface area (Å²) in [5.74, 6) is 1.38. The van der Waals surface area contributed by atoms with Gasteiger partial charge in [-0.05, 0) is 37.1 Å². The predicted molar refractivity (Wildman–Crippen MR) is 108 cm³/mol. The van der Waals surface area contributed by atoms with Crippen molar-refractivity contribution in [3.63, 3.8) is 0 Å². The number of hydrogen-bond acceptors (Lipinski definition) is 6. The van der Waals surface area contributed by atoms with E-state index in [2.05, 4.69) is 0 Å². The Kier molecular flexibility index (Phi) is 6.01. The zero-order valence-corrected chi connectivity index (χ0v) is 16.6. The molecule has 2 heterocycles. The van der Waals surface area contributed by atoms with Crippen LogP contribution in [0.1, 0.15) is 18.9 Å². The van der Waals surface area contributed by atoms with E-state index in [4.69, 9.17) is 26.4 Å². The predicted octanol–water partition coefficient (Wildman–Crippen LogP) is 3.64. The maximum absolute atomic E-state index is 12.7. The number of benzene rings is 1. The summed E-state index contributed by atoms with van der Waals surface area (Å²) in [5.41, 5.74) is 1.87. The number of methoxy groups -OCH3 is 2. The van der Waals surface area contributed by atoms with E-state index in [1.807, 2.05) is 37.3 Å². The molecule has 0 aromatic heterocycles. The monoisotopic (exact) mass is 391 g/mol. The molecular weight excluding hydrogens is 370 g/mol. The summed E-state index contributed by atoms with van der Waals surface area (Å²) in [5, 5.41) is 0. The van der Waals surface area contributed by atoms with Crippen LogP contribution in [0.5, 0.6) is 11.5 Å². The summed E-state index contributed by atoms with van der Waals surface area (Å²) in [4.78, 5) is 14.9. The first kappa shape index (κ1) is 18.9. The van der Waals surface area contributed by atoms with Gasteiger partial charge in [-0.15, -0.1) is 0 Å². The van der Waals surface area contributed by atoms with Crippen LogP contribution in [-0.4, -0.2) is 48.6 Å². The largest absolute Gasteiger partial charge is 0.493 e. The highest BCUT2D eigenvalue weighted by molar-refractivity contribution is 8.26. The van der Waals surface area contributed by atoms with Gasteiger partial charge in [0, 0.05) is 25.8 Å². The molecule has 1 atom stereocenters. The fourth-order valence-electron chi connectivity index (χ4n) is 2.85. The normalized spacial score (nSPS) is 20.9. The Morgan fingerprint density at radius 1 is 1.38 bits per heavy atom. The van der Waals surface area contributed by atoms with Crippen LogP contribution in [0.2, 0.25) is 0 Å². The third-order valence-corrected chi connectivity index (χ3v) is 5.59. The number of ether oxygens (including phenoxy) is 3. The van der Waals surface area contributed by atoms with Gasteiger partial charge in [0.1, 0.15) is 10.4 Å². The second-order valence-corrected chi connectivity index (χ2v) is 7.64. The van der Waals surface area contributed by atoms with Crippen molar-refractivity contribution in [2.45, 2.75) is 19.4 Å². The number of carbonyl (C=O) groups excluding carboxylic acids is 1. The number of amides is 1. The second kappa shape index (κ2) is 8.24. The first-order chi connectivity index (χ1) is 12.5. The van der Waals surface area contributed by atoms with Crippen molar-refractivity contribution < 1.29 is 19.0 Å². The smallest absolute Gasteiger partial charge is 0.266 e. The number of thioether (sulfide) groups is 1. The molecule has 3 rings (SSSR count). The van der Waals surface area contributed by atoms with Crippen molar-refractivity contribution in [3.05, 3.63) is 40.3 Å². The van der Waals surface area contributed by atoms with Crippen molar-refractivity contribution in [1.82, 2.24) is 4.90 Å². The number of rotatable bonds is 6. The van der Waals surface area contributed by atoms with Gasteiger partial charge >= 0.3 is 0 Å². The highest BCUT2D eigenvalue weighted by Gasteiger charge is 2.32. The first-order valence-corrected chi connectivity index (χ1v) is 9.57. The molecule has 0 aliphatic carbocycles. The zero-order valence-electron chi connectivity index (χ0n) is 15.0. The summed E-state index contributed by atoms with van der Waals surface area (Å²) in [7, 11) is 3.27. The fraction of sp³-hybridized carbons (Fsp3) is 0.368. The van der Waals surface area contributed by atoms with Crippen LogP contribution in [0.15, 0.2) is 34.8 Å². The van der Waals surface area contributed by atoms with Crippen LogP contribution >= 0.6 is 24.0 Å². The third-order valence-electron chi connectivity index (χ3n) is 4.22. The molecule has 0 N–H and O–H groups in total. The van der Waals surface area contributed by atoms with Crippen molar-refractivity contribution >= 4 is 40.3 Å². The third kappa shape index (κ3) is 3.79. The van der Waals surface area contributed by atoms with Gasteiger partial charge in [0.25, 0.3) is 5.91 Å². The summed E-state index contributed by atoms with van der Waals surface area (Å²) < 4.78 is 17.0. The van der Waals surface area contributed by atoms with Gasteiger partial charge in [0.2, 0.25) is 0 Å². The van der Waals surface area contributed by atoms with E-state index in [-0.39, 0.29) is 12.0 Å². The second-order valence-electron chi connectivity index (χ2n) is 5.96. The summed E-state index contributed by atoms with van der Waals surface area (Å²) >= 11 is 6.69.